The summed E-state index contributed by atoms with van der Waals surface area (Å²) in [5.41, 5.74) is 1.61. The Kier molecular flexibility index (Phi) is 3.89. The standard InChI is InChI=1S/C12H15BO5/c1-3-16-12(14)8(2)18-10-5-4-9-7-17-13(15)11(9)6-10/h4-6,8,15H,3,7H2,1-2H3. The second-order valence-electron chi connectivity index (χ2n) is 4.04. The van der Waals surface area contributed by atoms with Gasteiger partial charge in [-0.3, -0.25) is 0 Å². The number of rotatable bonds is 4. The lowest BCUT2D eigenvalue weighted by Gasteiger charge is -2.14. The van der Waals surface area contributed by atoms with Gasteiger partial charge < -0.3 is 19.2 Å². The van der Waals surface area contributed by atoms with Gasteiger partial charge in [0.15, 0.2) is 6.10 Å². The number of hydrogen-bond acceptors (Lipinski definition) is 5. The molecule has 0 radical (unpaired) electrons. The zero-order chi connectivity index (χ0) is 13.1. The molecule has 2 rings (SSSR count). The maximum Gasteiger partial charge on any atom is 0.491 e. The van der Waals surface area contributed by atoms with Crippen LogP contribution in [-0.2, 0) is 20.8 Å². The van der Waals surface area contributed by atoms with Crippen LogP contribution in [0.2, 0.25) is 0 Å². The van der Waals surface area contributed by atoms with Crippen LogP contribution in [0.4, 0.5) is 0 Å². The molecule has 18 heavy (non-hydrogen) atoms. The number of esters is 1. The van der Waals surface area contributed by atoms with Crippen molar-refractivity contribution in [2.45, 2.75) is 26.6 Å². The summed E-state index contributed by atoms with van der Waals surface area (Å²) in [4.78, 5) is 11.4. The van der Waals surface area contributed by atoms with Crippen molar-refractivity contribution in [1.29, 1.82) is 0 Å². The van der Waals surface area contributed by atoms with Crippen LogP contribution in [0.15, 0.2) is 18.2 Å². The Morgan fingerprint density at radius 3 is 3.11 bits per heavy atom. The summed E-state index contributed by atoms with van der Waals surface area (Å²) in [7, 11) is -0.915. The van der Waals surface area contributed by atoms with Crippen molar-refractivity contribution in [1.82, 2.24) is 0 Å². The lowest BCUT2D eigenvalue weighted by atomic mass is 9.79. The van der Waals surface area contributed by atoms with Crippen LogP contribution in [0.1, 0.15) is 19.4 Å². The van der Waals surface area contributed by atoms with Crippen molar-refractivity contribution in [2.24, 2.45) is 0 Å². The van der Waals surface area contributed by atoms with E-state index in [4.69, 9.17) is 14.1 Å². The van der Waals surface area contributed by atoms with E-state index >= 15 is 0 Å². The normalized spacial score (nSPS) is 15.2. The Morgan fingerprint density at radius 2 is 2.39 bits per heavy atom. The van der Waals surface area contributed by atoms with E-state index in [1.165, 1.54) is 0 Å². The number of carbonyl (C=O) groups excluding carboxylic acids is 1. The Labute approximate surface area is 106 Å². The minimum absolute atomic E-state index is 0.323. The molecule has 0 spiro atoms. The molecule has 0 aliphatic carbocycles. The fourth-order valence-electron chi connectivity index (χ4n) is 1.78. The number of ether oxygens (including phenoxy) is 2. The van der Waals surface area contributed by atoms with Crippen LogP contribution in [0.3, 0.4) is 0 Å². The molecule has 0 amide bonds. The second-order valence-corrected chi connectivity index (χ2v) is 4.04. The molecule has 0 saturated carbocycles. The minimum Gasteiger partial charge on any atom is -0.479 e. The Hall–Kier alpha value is -1.53. The van der Waals surface area contributed by atoms with E-state index in [-0.39, 0.29) is 0 Å². The second kappa shape index (κ2) is 5.41. The van der Waals surface area contributed by atoms with Crippen LogP contribution in [-0.4, -0.2) is 30.8 Å². The number of hydrogen-bond donors (Lipinski definition) is 1. The quantitative estimate of drug-likeness (QED) is 0.612. The first kappa shape index (κ1) is 12.9. The topological polar surface area (TPSA) is 65.0 Å². The van der Waals surface area contributed by atoms with E-state index in [0.717, 1.165) is 5.56 Å². The van der Waals surface area contributed by atoms with Gasteiger partial charge in [-0.15, -0.1) is 0 Å². The summed E-state index contributed by atoms with van der Waals surface area (Å²) in [6, 6.07) is 5.25. The van der Waals surface area contributed by atoms with Gasteiger partial charge in [0.05, 0.1) is 13.2 Å². The highest BCUT2D eigenvalue weighted by atomic mass is 16.6. The largest absolute Gasteiger partial charge is 0.491 e. The molecule has 0 saturated heterocycles. The van der Waals surface area contributed by atoms with Gasteiger partial charge in [0.1, 0.15) is 5.75 Å². The maximum atomic E-state index is 11.4. The van der Waals surface area contributed by atoms with E-state index in [2.05, 4.69) is 0 Å². The van der Waals surface area contributed by atoms with Crippen molar-refractivity contribution in [3.63, 3.8) is 0 Å². The molecule has 0 fully saturated rings. The van der Waals surface area contributed by atoms with E-state index in [1.807, 2.05) is 6.07 Å². The van der Waals surface area contributed by atoms with Gasteiger partial charge >= 0.3 is 13.1 Å². The molecule has 0 aromatic heterocycles. The van der Waals surface area contributed by atoms with Crippen LogP contribution < -0.4 is 10.2 Å². The minimum atomic E-state index is -0.915. The molecular weight excluding hydrogens is 235 g/mol. The summed E-state index contributed by atoms with van der Waals surface area (Å²) in [6.07, 6.45) is -0.678. The predicted octanol–water partition coefficient (Wildman–Crippen LogP) is 0.235. The fraction of sp³-hybridized carbons (Fsp3) is 0.417. The molecular formula is C12H15BO5. The van der Waals surface area contributed by atoms with E-state index < -0.39 is 19.2 Å². The van der Waals surface area contributed by atoms with Crippen molar-refractivity contribution in [3.05, 3.63) is 23.8 Å². The first-order chi connectivity index (χ1) is 8.61. The van der Waals surface area contributed by atoms with E-state index in [9.17, 15) is 9.82 Å². The predicted molar refractivity (Wildman–Crippen MR) is 65.6 cm³/mol. The van der Waals surface area contributed by atoms with Crippen LogP contribution in [0.25, 0.3) is 0 Å². The van der Waals surface area contributed by atoms with E-state index in [0.29, 0.717) is 24.4 Å². The number of fused-ring (bicyclic) bond motifs is 1. The Morgan fingerprint density at radius 1 is 1.61 bits per heavy atom. The SMILES string of the molecule is CCOC(=O)C(C)Oc1ccc2c(c1)B(O)OC2. The van der Waals surface area contributed by atoms with Gasteiger partial charge in [0.25, 0.3) is 0 Å². The van der Waals surface area contributed by atoms with Gasteiger partial charge in [-0.25, -0.2) is 4.79 Å². The lowest BCUT2D eigenvalue weighted by Crippen LogP contribution is -2.29. The first-order valence-corrected chi connectivity index (χ1v) is 5.87. The first-order valence-electron chi connectivity index (χ1n) is 5.87. The van der Waals surface area contributed by atoms with Gasteiger partial charge in [-0.2, -0.15) is 0 Å². The molecule has 1 heterocycles. The summed E-state index contributed by atoms with van der Waals surface area (Å²) in [6.45, 7) is 4.08. The highest BCUT2D eigenvalue weighted by molar-refractivity contribution is 6.61. The molecule has 1 aromatic carbocycles. The van der Waals surface area contributed by atoms with E-state index in [1.54, 1.807) is 26.0 Å². The summed E-state index contributed by atoms with van der Waals surface area (Å²) in [5.74, 6) is 0.105. The van der Waals surface area contributed by atoms with Crippen LogP contribution >= 0.6 is 0 Å². The average molecular weight is 250 g/mol. The summed E-state index contributed by atoms with van der Waals surface area (Å²) < 4.78 is 15.4. The number of carbonyl (C=O) groups is 1. The van der Waals surface area contributed by atoms with Gasteiger partial charge in [-0.05, 0) is 37.0 Å². The molecule has 1 aliphatic rings. The third-order valence-electron chi connectivity index (χ3n) is 2.71. The molecule has 5 nitrogen and oxygen atoms in total. The third kappa shape index (κ3) is 2.65. The molecule has 1 atom stereocenters. The zero-order valence-electron chi connectivity index (χ0n) is 10.4. The van der Waals surface area contributed by atoms with Crippen molar-refractivity contribution in [3.8, 4) is 5.75 Å². The third-order valence-corrected chi connectivity index (χ3v) is 2.71. The molecule has 1 unspecified atom stereocenters. The summed E-state index contributed by atoms with van der Waals surface area (Å²) >= 11 is 0. The molecule has 6 heteroatoms. The number of benzene rings is 1. The van der Waals surface area contributed by atoms with Crippen LogP contribution in [0.5, 0.6) is 5.75 Å². The Balaban J connectivity index is 2.06. The van der Waals surface area contributed by atoms with Crippen molar-refractivity contribution < 1.29 is 23.9 Å². The summed E-state index contributed by atoms with van der Waals surface area (Å²) in [5, 5.41) is 9.56. The molecule has 0 bridgehead atoms. The van der Waals surface area contributed by atoms with Crippen LogP contribution in [0, 0.1) is 0 Å². The Bertz CT molecular complexity index is 448. The van der Waals surface area contributed by atoms with Gasteiger partial charge in [-0.1, -0.05) is 6.07 Å². The van der Waals surface area contributed by atoms with Crippen molar-refractivity contribution >= 4 is 18.6 Å². The fourth-order valence-corrected chi connectivity index (χ4v) is 1.78. The van der Waals surface area contributed by atoms with Gasteiger partial charge in [0, 0.05) is 0 Å². The highest BCUT2D eigenvalue weighted by Crippen LogP contribution is 2.17. The lowest BCUT2D eigenvalue weighted by molar-refractivity contribution is -0.150. The molecule has 1 aromatic rings. The van der Waals surface area contributed by atoms with Crippen molar-refractivity contribution in [2.75, 3.05) is 6.61 Å². The average Bonchev–Trinajstić information content (AvgIpc) is 2.71. The maximum absolute atomic E-state index is 11.4. The smallest absolute Gasteiger partial charge is 0.479 e. The molecule has 1 aliphatic heterocycles. The molecule has 1 N–H and O–H groups in total. The highest BCUT2D eigenvalue weighted by Gasteiger charge is 2.28. The monoisotopic (exact) mass is 250 g/mol. The molecule has 96 valence electrons. The zero-order valence-corrected chi connectivity index (χ0v) is 10.4. The van der Waals surface area contributed by atoms with Gasteiger partial charge in [0.2, 0.25) is 0 Å².